The van der Waals surface area contributed by atoms with Gasteiger partial charge in [-0.05, 0) is 105 Å². The summed E-state index contributed by atoms with van der Waals surface area (Å²) in [7, 11) is 0. The van der Waals surface area contributed by atoms with Crippen molar-refractivity contribution in [2.24, 2.45) is 11.8 Å². The fourth-order valence-corrected chi connectivity index (χ4v) is 18.9. The molecule has 2 aliphatic heterocycles. The SMILES string of the molecule is CCCCCCCCCCCCC(CCCCCCCCCC)CN1C(=O)c2cnc3c4c(-c5ccc(-c6ccc(-c7ccc(C)s7)s6)s5)cc5c6c(cnc(c7c(C)cc(c2c37)C1=O)c64)C(=O)N(CC(CCCCCCCCCC)CCCCCCCCCCCC)C5=O. The van der Waals surface area contributed by atoms with Crippen molar-refractivity contribution in [2.75, 3.05) is 13.1 Å². The van der Waals surface area contributed by atoms with Crippen LogP contribution in [0.4, 0.5) is 0 Å². The van der Waals surface area contributed by atoms with Gasteiger partial charge in [0, 0.05) is 104 Å². The number of carbonyl (C=O) groups is 4. The Hall–Kier alpha value is -5.36. The molecule has 10 rings (SSSR count). The first-order chi connectivity index (χ1) is 46.6. The Morgan fingerprint density at radius 3 is 1.00 bits per heavy atom. The number of rotatable bonds is 47. The lowest BCUT2D eigenvalue weighted by Gasteiger charge is -2.33. The molecule has 8 aromatic rings. The quantitative estimate of drug-likeness (QED) is 0.0163. The summed E-state index contributed by atoms with van der Waals surface area (Å²) >= 11 is 5.30. The van der Waals surface area contributed by atoms with Crippen LogP contribution in [0.3, 0.4) is 0 Å². The van der Waals surface area contributed by atoms with E-state index >= 15 is 19.2 Å². The number of nitrogens with zero attached hydrogens (tertiary/aromatic N) is 4. The summed E-state index contributed by atoms with van der Waals surface area (Å²) < 4.78 is 0. The van der Waals surface area contributed by atoms with Gasteiger partial charge in [-0.3, -0.25) is 38.9 Å². The molecule has 2 atom stereocenters. The molecule has 0 saturated heterocycles. The van der Waals surface area contributed by atoms with Gasteiger partial charge in [0.05, 0.1) is 22.2 Å². The number of aromatic nitrogens is 2. The van der Waals surface area contributed by atoms with Crippen LogP contribution in [0.1, 0.15) is 336 Å². The highest BCUT2D eigenvalue weighted by Gasteiger charge is 2.40. The van der Waals surface area contributed by atoms with E-state index in [0.29, 0.717) is 57.1 Å². The number of hydrogen-bond donors (Lipinski definition) is 0. The molecule has 8 nitrogen and oxygen atoms in total. The van der Waals surface area contributed by atoms with E-state index in [4.69, 9.17) is 9.97 Å². The molecular formula is C84H114N4O4S3. The molecule has 11 heteroatoms. The predicted octanol–water partition coefficient (Wildman–Crippen LogP) is 26.4. The molecule has 0 fully saturated rings. The second-order valence-corrected chi connectivity index (χ2v) is 32.3. The number of amides is 4. The van der Waals surface area contributed by atoms with Gasteiger partial charge < -0.3 is 0 Å². The Bertz CT molecular complexity index is 3770. The van der Waals surface area contributed by atoms with Crippen LogP contribution in [-0.2, 0) is 0 Å². The molecule has 512 valence electrons. The van der Waals surface area contributed by atoms with Gasteiger partial charge in [0.15, 0.2) is 0 Å². The maximum Gasteiger partial charge on any atom is 0.262 e. The third-order valence-electron chi connectivity index (χ3n) is 21.3. The number of thiophene rings is 3. The number of hydrogen-bond acceptors (Lipinski definition) is 9. The van der Waals surface area contributed by atoms with E-state index in [9.17, 15) is 0 Å². The average molecular weight is 1340 g/mol. The molecule has 0 bridgehead atoms. The maximum absolute atomic E-state index is 15.8. The zero-order valence-electron chi connectivity index (χ0n) is 59.3. The fourth-order valence-electron chi connectivity index (χ4n) is 15.9. The summed E-state index contributed by atoms with van der Waals surface area (Å²) in [5.41, 5.74) is 4.98. The number of imide groups is 2. The molecule has 5 aromatic heterocycles. The van der Waals surface area contributed by atoms with Crippen molar-refractivity contribution in [3.05, 3.63) is 93.6 Å². The Morgan fingerprint density at radius 1 is 0.316 bits per heavy atom. The van der Waals surface area contributed by atoms with E-state index in [1.54, 1.807) is 44.9 Å². The van der Waals surface area contributed by atoms with E-state index in [2.05, 4.69) is 77.1 Å². The molecule has 3 aromatic carbocycles. The molecule has 95 heavy (non-hydrogen) atoms. The van der Waals surface area contributed by atoms with Gasteiger partial charge in [-0.25, -0.2) is 0 Å². The lowest BCUT2D eigenvalue weighted by molar-refractivity contribution is 0.0562. The highest BCUT2D eigenvalue weighted by molar-refractivity contribution is 7.27. The lowest BCUT2D eigenvalue weighted by Crippen LogP contribution is -2.43. The molecule has 0 aliphatic carbocycles. The third kappa shape index (κ3) is 18.1. The van der Waals surface area contributed by atoms with E-state index in [0.717, 1.165) is 93.8 Å². The van der Waals surface area contributed by atoms with Crippen LogP contribution in [0.5, 0.6) is 0 Å². The topological polar surface area (TPSA) is 101 Å². The van der Waals surface area contributed by atoms with Gasteiger partial charge in [0.1, 0.15) is 0 Å². The van der Waals surface area contributed by atoms with Crippen LogP contribution in [0.25, 0.3) is 73.3 Å². The van der Waals surface area contributed by atoms with Crippen molar-refractivity contribution in [1.82, 2.24) is 19.8 Å². The molecule has 0 radical (unpaired) electrons. The molecule has 7 heterocycles. The van der Waals surface area contributed by atoms with Crippen LogP contribution in [-0.4, -0.2) is 56.5 Å². The van der Waals surface area contributed by atoms with Crippen molar-refractivity contribution in [3.8, 4) is 29.9 Å². The van der Waals surface area contributed by atoms with Gasteiger partial charge in [-0.2, -0.15) is 0 Å². The minimum Gasteiger partial charge on any atom is -0.274 e. The summed E-state index contributed by atoms with van der Waals surface area (Å²) in [6, 6.07) is 17.2. The maximum atomic E-state index is 15.8. The minimum absolute atomic E-state index is 0.206. The number of carbonyl (C=O) groups excluding carboxylic acids is 4. The van der Waals surface area contributed by atoms with Crippen LogP contribution >= 0.6 is 34.0 Å². The first-order valence-corrected chi connectivity index (χ1v) is 41.0. The standard InChI is InChI=1S/C84H114N4O4S3/c1-7-11-15-19-23-27-29-33-37-41-44-61(43-39-35-31-25-21-17-13-9-3)57-87-81(89)64-53-59(5)73-77-74(64)66(83(87)91)56-86-80(77)76-63(68-49-50-71(94-68)72-52-51-70(95-72)69-48-47-60(6)93-69)54-65-75-67(55-85-79(73)78(75)76)84(92)88(82(65)90)58-62(45-40-36-32-26-22-18-14-10-4)46-42-38-34-30-28-24-20-16-12-8-2/h47-56,61-62H,7-46,57-58H2,1-6H3. The Kier molecular flexibility index (Phi) is 28.2. The summed E-state index contributed by atoms with van der Waals surface area (Å²) in [6.45, 7) is 14.1. The fraction of sp³-hybridized carbons (Fsp3) is 0.595. The first kappa shape index (κ1) is 72.4. The smallest absolute Gasteiger partial charge is 0.262 e. The minimum atomic E-state index is -0.275. The van der Waals surface area contributed by atoms with Crippen LogP contribution in [0, 0.1) is 25.7 Å². The van der Waals surface area contributed by atoms with E-state index < -0.39 is 0 Å². The summed E-state index contributed by atoms with van der Waals surface area (Å²) in [5.74, 6) is -0.593. The lowest BCUT2D eigenvalue weighted by atomic mass is 9.82. The Labute approximate surface area is 583 Å². The zero-order valence-corrected chi connectivity index (χ0v) is 61.7. The molecule has 4 amide bonds. The number of fused-ring (bicyclic) bond motifs is 2. The first-order valence-electron chi connectivity index (χ1n) is 38.5. The zero-order chi connectivity index (χ0) is 66.5. The average Bonchev–Trinajstić information content (AvgIpc) is 1.09. The monoisotopic (exact) mass is 1340 g/mol. The molecule has 2 aliphatic rings. The highest BCUT2D eigenvalue weighted by atomic mass is 32.1. The number of benzene rings is 3. The molecule has 2 unspecified atom stereocenters. The van der Waals surface area contributed by atoms with Crippen LogP contribution < -0.4 is 0 Å². The largest absolute Gasteiger partial charge is 0.274 e. The van der Waals surface area contributed by atoms with E-state index in [1.807, 2.05) is 24.3 Å². The van der Waals surface area contributed by atoms with Crippen molar-refractivity contribution >= 4 is 101 Å². The summed E-state index contributed by atoms with van der Waals surface area (Å²) in [5, 5.41) is 4.36. The van der Waals surface area contributed by atoms with Gasteiger partial charge in [0.25, 0.3) is 23.6 Å². The molecule has 0 N–H and O–H groups in total. The van der Waals surface area contributed by atoms with Gasteiger partial charge >= 0.3 is 0 Å². The van der Waals surface area contributed by atoms with Gasteiger partial charge in [-0.1, -0.05) is 259 Å². The number of pyridine rings is 2. The highest BCUT2D eigenvalue weighted by Crippen LogP contribution is 2.51. The summed E-state index contributed by atoms with van der Waals surface area (Å²) in [4.78, 5) is 82.9. The van der Waals surface area contributed by atoms with Gasteiger partial charge in [0.2, 0.25) is 0 Å². The summed E-state index contributed by atoms with van der Waals surface area (Å²) in [6.07, 6.45) is 52.9. The Morgan fingerprint density at radius 2 is 0.621 bits per heavy atom. The normalized spacial score (nSPS) is 14.0. The molecule has 0 saturated carbocycles. The Balaban J connectivity index is 0.986. The van der Waals surface area contributed by atoms with Crippen molar-refractivity contribution in [2.45, 2.75) is 298 Å². The molecular weight excluding hydrogens is 1230 g/mol. The van der Waals surface area contributed by atoms with Crippen LogP contribution in [0.15, 0.2) is 60.9 Å². The number of aryl methyl sites for hydroxylation is 2. The van der Waals surface area contributed by atoms with Crippen molar-refractivity contribution in [1.29, 1.82) is 0 Å². The van der Waals surface area contributed by atoms with E-state index in [1.165, 1.54) is 225 Å². The third-order valence-corrected chi connectivity index (χ3v) is 24.9. The molecule has 0 spiro atoms. The second kappa shape index (κ2) is 37.0. The second-order valence-electron chi connectivity index (χ2n) is 28.9. The van der Waals surface area contributed by atoms with Crippen molar-refractivity contribution in [3.63, 3.8) is 0 Å². The van der Waals surface area contributed by atoms with Crippen molar-refractivity contribution < 1.29 is 19.2 Å². The predicted molar refractivity (Wildman–Crippen MR) is 408 cm³/mol. The van der Waals surface area contributed by atoms with E-state index in [-0.39, 0.29) is 35.5 Å². The van der Waals surface area contributed by atoms with Gasteiger partial charge in [-0.15, -0.1) is 34.0 Å². The number of unbranched alkanes of at least 4 members (excludes halogenated alkanes) is 32. The van der Waals surface area contributed by atoms with Crippen LogP contribution in [0.2, 0.25) is 0 Å².